The van der Waals surface area contributed by atoms with E-state index < -0.39 is 71.6 Å². The number of esters is 1. The molecule has 5 N–H and O–H groups in total. The summed E-state index contributed by atoms with van der Waals surface area (Å²) in [6, 6.07) is 12.8. The van der Waals surface area contributed by atoms with Gasteiger partial charge in [-0.25, -0.2) is 0 Å². The molecule has 1 saturated carbocycles. The van der Waals surface area contributed by atoms with Crippen molar-refractivity contribution < 1.29 is 53.5 Å². The molecular formula is C35H41N3O11. The third-order valence-electron chi connectivity index (χ3n) is 10.0. The minimum Gasteiger partial charge on any atom is -0.499 e. The van der Waals surface area contributed by atoms with Crippen molar-refractivity contribution in [2.24, 2.45) is 5.41 Å². The molecular weight excluding hydrogens is 638 g/mol. The predicted molar refractivity (Wildman–Crippen MR) is 170 cm³/mol. The molecule has 5 aliphatic rings. The van der Waals surface area contributed by atoms with Crippen molar-refractivity contribution in [1.29, 1.82) is 0 Å². The van der Waals surface area contributed by atoms with Gasteiger partial charge in [0.1, 0.15) is 42.5 Å². The minimum atomic E-state index is -1.57. The summed E-state index contributed by atoms with van der Waals surface area (Å²) in [5.74, 6) is -3.04. The molecule has 2 bridgehead atoms. The Morgan fingerprint density at radius 2 is 1.84 bits per heavy atom. The molecule has 1 spiro atoms. The van der Waals surface area contributed by atoms with Gasteiger partial charge >= 0.3 is 5.97 Å². The van der Waals surface area contributed by atoms with Crippen LogP contribution in [-0.2, 0) is 57.6 Å². The van der Waals surface area contributed by atoms with E-state index in [9.17, 15) is 24.6 Å². The van der Waals surface area contributed by atoms with Crippen LogP contribution in [0.2, 0.25) is 0 Å². The van der Waals surface area contributed by atoms with Crippen LogP contribution in [0.15, 0.2) is 54.8 Å². The van der Waals surface area contributed by atoms with Gasteiger partial charge < -0.3 is 44.9 Å². The maximum atomic E-state index is 14.6. The molecule has 0 radical (unpaired) electrons. The van der Waals surface area contributed by atoms with Gasteiger partial charge in [-0.1, -0.05) is 48.5 Å². The van der Waals surface area contributed by atoms with Crippen LogP contribution in [0, 0.1) is 5.41 Å². The summed E-state index contributed by atoms with van der Waals surface area (Å²) >= 11 is 0. The van der Waals surface area contributed by atoms with Gasteiger partial charge in [0.2, 0.25) is 11.8 Å². The molecule has 49 heavy (non-hydrogen) atoms. The molecule has 8 atom stereocenters. The van der Waals surface area contributed by atoms with Crippen molar-refractivity contribution >= 4 is 23.9 Å². The van der Waals surface area contributed by atoms with E-state index in [4.69, 9.17) is 28.9 Å². The van der Waals surface area contributed by atoms with Crippen LogP contribution in [0.5, 0.6) is 0 Å². The van der Waals surface area contributed by atoms with Crippen molar-refractivity contribution in [2.75, 3.05) is 26.4 Å². The molecule has 0 aromatic heterocycles. The minimum absolute atomic E-state index is 0.0414. The zero-order valence-corrected chi connectivity index (χ0v) is 27.0. The Kier molecular flexibility index (Phi) is 9.21. The first-order valence-electron chi connectivity index (χ1n) is 16.6. The monoisotopic (exact) mass is 679 g/mol. The van der Waals surface area contributed by atoms with Crippen LogP contribution in [0.3, 0.4) is 0 Å². The summed E-state index contributed by atoms with van der Waals surface area (Å²) in [5, 5.41) is 35.4. The Labute approximate surface area is 282 Å². The highest BCUT2D eigenvalue weighted by Crippen LogP contribution is 2.58. The summed E-state index contributed by atoms with van der Waals surface area (Å²) in [4.78, 5) is 48.2. The van der Waals surface area contributed by atoms with Crippen molar-refractivity contribution in [1.82, 2.24) is 15.7 Å². The Morgan fingerprint density at radius 1 is 1.08 bits per heavy atom. The Hall–Kier alpha value is -3.89. The van der Waals surface area contributed by atoms with E-state index in [0.717, 1.165) is 22.3 Å². The normalized spacial score (nSPS) is 30.4. The van der Waals surface area contributed by atoms with Crippen LogP contribution >= 0.6 is 0 Å². The lowest BCUT2D eigenvalue weighted by molar-refractivity contribution is -0.217. The summed E-state index contributed by atoms with van der Waals surface area (Å²) in [7, 11) is 0. The number of hydroxylamine groups is 2. The lowest BCUT2D eigenvalue weighted by Crippen LogP contribution is -2.71. The fourth-order valence-electron chi connectivity index (χ4n) is 7.95. The van der Waals surface area contributed by atoms with Gasteiger partial charge in [-0.2, -0.15) is 5.06 Å². The van der Waals surface area contributed by atoms with Gasteiger partial charge in [0.15, 0.2) is 11.8 Å². The summed E-state index contributed by atoms with van der Waals surface area (Å²) in [6.07, 6.45) is -0.409. The van der Waals surface area contributed by atoms with E-state index in [-0.39, 0.29) is 39.3 Å². The van der Waals surface area contributed by atoms with Crippen molar-refractivity contribution in [3.8, 4) is 0 Å². The van der Waals surface area contributed by atoms with E-state index >= 15 is 0 Å². The van der Waals surface area contributed by atoms with E-state index in [1.165, 1.54) is 18.2 Å². The van der Waals surface area contributed by atoms with Gasteiger partial charge in [0, 0.05) is 25.8 Å². The molecule has 2 amide bonds. The lowest BCUT2D eigenvalue weighted by Gasteiger charge is -2.49. The maximum absolute atomic E-state index is 14.6. The average molecular weight is 680 g/mol. The molecule has 14 heteroatoms. The predicted octanol–water partition coefficient (Wildman–Crippen LogP) is -0.281. The standard InChI is InChI=1S/C35H41N3O11/c1-20(41)26(31(42)36-10-11-39)37-33(44)35-18-25-27-28(48-34(47-27)16-23-7-2-3-8-24(23)17-34)30(35)49-38(29(35)32(43)46-25)19-22-6-4-5-21(15-22)9-13-45-14-12-40/h2-9,13,15,20,25-30,39-41H,10-12,14,16-19H2,1H3,(H,36,42)(H,37,44)/t20-,25+,26+,27-,28-,29-,30+,35-/m0/s1. The third kappa shape index (κ3) is 6.01. The van der Waals surface area contributed by atoms with Crippen LogP contribution < -0.4 is 10.6 Å². The fourth-order valence-corrected chi connectivity index (χ4v) is 7.95. The van der Waals surface area contributed by atoms with E-state index in [1.807, 2.05) is 48.5 Å². The molecule has 3 saturated heterocycles. The van der Waals surface area contributed by atoms with E-state index in [0.29, 0.717) is 12.8 Å². The molecule has 2 aromatic carbocycles. The third-order valence-corrected chi connectivity index (χ3v) is 10.0. The molecule has 0 unspecified atom stereocenters. The number of benzene rings is 2. The first-order chi connectivity index (χ1) is 23.7. The number of hydrogen-bond donors (Lipinski definition) is 5. The second kappa shape index (κ2) is 13.4. The number of rotatable bonds is 12. The number of hydrogen-bond acceptors (Lipinski definition) is 12. The Morgan fingerprint density at radius 3 is 2.55 bits per heavy atom. The number of ether oxygens (including phenoxy) is 4. The molecule has 7 rings (SSSR count). The van der Waals surface area contributed by atoms with E-state index in [2.05, 4.69) is 10.6 Å². The highest BCUT2D eigenvalue weighted by atomic mass is 16.8. The number of amides is 2. The van der Waals surface area contributed by atoms with Gasteiger partial charge in [0.25, 0.3) is 0 Å². The van der Waals surface area contributed by atoms with Crippen molar-refractivity contribution in [3.63, 3.8) is 0 Å². The summed E-state index contributed by atoms with van der Waals surface area (Å²) in [5.41, 5.74) is 2.17. The number of nitrogens with one attached hydrogen (secondary N) is 2. The fraction of sp³-hybridized carbons (Fsp3) is 0.514. The van der Waals surface area contributed by atoms with Gasteiger partial charge in [0.05, 0.1) is 32.1 Å². The molecule has 4 fully saturated rings. The maximum Gasteiger partial charge on any atom is 0.327 e. The smallest absolute Gasteiger partial charge is 0.327 e. The first kappa shape index (κ1) is 33.6. The Bertz CT molecular complexity index is 1590. The quantitative estimate of drug-likeness (QED) is 0.113. The van der Waals surface area contributed by atoms with Crippen molar-refractivity contribution in [3.05, 3.63) is 77.0 Å². The second-order valence-corrected chi connectivity index (χ2v) is 13.3. The average Bonchev–Trinajstić information content (AvgIpc) is 3.76. The highest BCUT2D eigenvalue weighted by molar-refractivity contribution is 5.96. The van der Waals surface area contributed by atoms with Gasteiger partial charge in [-0.15, -0.1) is 0 Å². The summed E-state index contributed by atoms with van der Waals surface area (Å²) in [6.45, 7) is 1.13. The lowest BCUT2D eigenvalue weighted by atomic mass is 9.62. The number of aliphatic hydroxyl groups is 3. The molecule has 3 heterocycles. The second-order valence-electron chi connectivity index (χ2n) is 13.3. The van der Waals surface area contributed by atoms with E-state index in [1.54, 1.807) is 6.08 Å². The molecule has 3 aliphatic heterocycles. The van der Waals surface area contributed by atoms with Crippen LogP contribution in [0.25, 0.3) is 6.08 Å². The largest absolute Gasteiger partial charge is 0.499 e. The topological polar surface area (TPSA) is 185 Å². The Balaban J connectivity index is 1.22. The van der Waals surface area contributed by atoms with Gasteiger partial charge in [-0.3, -0.25) is 19.2 Å². The summed E-state index contributed by atoms with van der Waals surface area (Å²) < 4.78 is 24.7. The molecule has 2 aromatic rings. The zero-order chi connectivity index (χ0) is 34.3. The van der Waals surface area contributed by atoms with Crippen molar-refractivity contribution in [2.45, 2.75) is 81.1 Å². The SMILES string of the molecule is C[C@H](O)[C@@H](NC(=O)[C@@]12C[C@H]3OC(=O)[C@@H]1N(Cc1cccc(C=COCCO)c1)O[C@@H]2[C@H]1OC2(Cc4ccccc4C2)O[C@H]13)C(=O)NCCO. The molecule has 262 valence electrons. The number of fused-ring (bicyclic) bond motifs is 5. The van der Waals surface area contributed by atoms with Crippen LogP contribution in [-0.4, -0.2) is 113 Å². The number of aliphatic hydroxyl groups excluding tert-OH is 3. The molecule has 2 aliphatic carbocycles. The first-order valence-corrected chi connectivity index (χ1v) is 16.6. The van der Waals surface area contributed by atoms with Crippen LogP contribution in [0.1, 0.15) is 35.6 Å². The number of carbonyl (C=O) groups is 3. The highest BCUT2D eigenvalue weighted by Gasteiger charge is 2.76. The molecule has 14 nitrogen and oxygen atoms in total. The van der Waals surface area contributed by atoms with Crippen LogP contribution in [0.4, 0.5) is 0 Å². The number of carbonyl (C=O) groups excluding carboxylic acids is 3. The number of nitrogens with zero attached hydrogens (tertiary/aromatic N) is 1. The zero-order valence-electron chi connectivity index (χ0n) is 27.0. The van der Waals surface area contributed by atoms with Gasteiger partial charge in [-0.05, 0) is 35.3 Å².